The Morgan fingerprint density at radius 1 is 1.07 bits per heavy atom. The van der Waals surface area contributed by atoms with E-state index in [2.05, 4.69) is 17.4 Å². The topological polar surface area (TPSA) is 77.0 Å². The fourth-order valence-electron chi connectivity index (χ4n) is 4.32. The normalized spacial score (nSPS) is 20.7. The Hall–Kier alpha value is -2.57. The van der Waals surface area contributed by atoms with Crippen LogP contribution in [-0.2, 0) is 6.42 Å². The zero-order chi connectivity index (χ0) is 21.6. The molecule has 2 aromatic carbocycles. The molecule has 2 aromatic rings. The third kappa shape index (κ3) is 4.77. The Kier molecular flexibility index (Phi) is 7.34. The first-order valence-electron chi connectivity index (χ1n) is 10.3. The van der Waals surface area contributed by atoms with Crippen molar-refractivity contribution < 1.29 is 24.1 Å². The maximum atomic E-state index is 13.3. The van der Waals surface area contributed by atoms with Gasteiger partial charge in [-0.3, -0.25) is 4.79 Å². The summed E-state index contributed by atoms with van der Waals surface area (Å²) in [5.74, 6) is 1.38. The van der Waals surface area contributed by atoms with Gasteiger partial charge in [0.1, 0.15) is 0 Å². The van der Waals surface area contributed by atoms with Gasteiger partial charge < -0.3 is 24.6 Å². The minimum absolute atomic E-state index is 0.00576. The number of benzene rings is 2. The lowest BCUT2D eigenvalue weighted by Crippen LogP contribution is -2.30. The molecule has 0 saturated carbocycles. The molecule has 162 valence electrons. The minimum atomic E-state index is -0.310. The van der Waals surface area contributed by atoms with E-state index in [-0.39, 0.29) is 23.8 Å². The predicted molar refractivity (Wildman–Crippen MR) is 116 cm³/mol. The first-order chi connectivity index (χ1) is 14.6. The summed E-state index contributed by atoms with van der Waals surface area (Å²) in [6, 6.07) is 13.4. The summed E-state index contributed by atoms with van der Waals surface area (Å²) in [6.45, 7) is 0.822. The lowest BCUT2D eigenvalue weighted by Gasteiger charge is -2.28. The van der Waals surface area contributed by atoms with Gasteiger partial charge in [0.2, 0.25) is 5.75 Å². The van der Waals surface area contributed by atoms with Crippen molar-refractivity contribution in [2.45, 2.75) is 31.7 Å². The van der Waals surface area contributed by atoms with E-state index in [9.17, 15) is 9.90 Å². The molecule has 1 fully saturated rings. The van der Waals surface area contributed by atoms with E-state index in [4.69, 9.17) is 14.2 Å². The number of aliphatic hydroxyl groups is 1. The highest BCUT2D eigenvalue weighted by Gasteiger charge is 2.41. The van der Waals surface area contributed by atoms with Gasteiger partial charge in [-0.15, -0.1) is 0 Å². The Balaban J connectivity index is 1.77. The first-order valence-corrected chi connectivity index (χ1v) is 10.3. The van der Waals surface area contributed by atoms with Crippen molar-refractivity contribution in [1.82, 2.24) is 5.32 Å². The van der Waals surface area contributed by atoms with Crippen molar-refractivity contribution in [3.8, 4) is 17.2 Å². The molecule has 0 bridgehead atoms. The summed E-state index contributed by atoms with van der Waals surface area (Å²) in [4.78, 5) is 13.3. The fraction of sp³-hybridized carbons (Fsp3) is 0.458. The van der Waals surface area contributed by atoms with Crippen LogP contribution in [0.1, 0.15) is 35.2 Å². The van der Waals surface area contributed by atoms with Crippen molar-refractivity contribution >= 4 is 5.78 Å². The number of nitrogens with one attached hydrogen (secondary N) is 1. The number of carbonyl (C=O) groups is 1. The molecule has 0 amide bonds. The smallest absolute Gasteiger partial charge is 0.203 e. The molecule has 6 heteroatoms. The van der Waals surface area contributed by atoms with Gasteiger partial charge in [0, 0.05) is 18.7 Å². The van der Waals surface area contributed by atoms with Crippen molar-refractivity contribution in [3.05, 3.63) is 53.6 Å². The first kappa shape index (κ1) is 22.1. The summed E-state index contributed by atoms with van der Waals surface area (Å²) in [7, 11) is 4.61. The van der Waals surface area contributed by atoms with E-state index in [0.29, 0.717) is 42.2 Å². The van der Waals surface area contributed by atoms with Gasteiger partial charge in [-0.25, -0.2) is 0 Å². The molecule has 1 saturated heterocycles. The molecule has 1 heterocycles. The van der Waals surface area contributed by atoms with Gasteiger partial charge in [-0.1, -0.05) is 30.3 Å². The van der Waals surface area contributed by atoms with Gasteiger partial charge >= 0.3 is 0 Å². The minimum Gasteiger partial charge on any atom is -0.493 e. The number of hydrogen-bond acceptors (Lipinski definition) is 6. The molecule has 2 atom stereocenters. The van der Waals surface area contributed by atoms with Crippen LogP contribution in [0.15, 0.2) is 42.5 Å². The number of methoxy groups -OCH3 is 3. The summed E-state index contributed by atoms with van der Waals surface area (Å²) in [5, 5.41) is 13.1. The largest absolute Gasteiger partial charge is 0.493 e. The Morgan fingerprint density at radius 3 is 2.30 bits per heavy atom. The molecule has 6 nitrogen and oxygen atoms in total. The predicted octanol–water partition coefficient (Wildman–Crippen LogP) is 3.26. The molecule has 1 aliphatic rings. The number of ether oxygens (including phenoxy) is 3. The van der Waals surface area contributed by atoms with Crippen LogP contribution < -0.4 is 19.5 Å². The van der Waals surface area contributed by atoms with Crippen LogP contribution in [0.4, 0.5) is 0 Å². The molecule has 0 spiro atoms. The molecular formula is C24H31NO5. The number of hydrogen-bond donors (Lipinski definition) is 2. The van der Waals surface area contributed by atoms with Crippen LogP contribution in [0.2, 0.25) is 0 Å². The summed E-state index contributed by atoms with van der Waals surface area (Å²) < 4.78 is 16.1. The Morgan fingerprint density at radius 2 is 1.73 bits per heavy atom. The quantitative estimate of drug-likeness (QED) is 0.582. The van der Waals surface area contributed by atoms with Gasteiger partial charge in [0.25, 0.3) is 0 Å². The second kappa shape index (κ2) is 9.96. The van der Waals surface area contributed by atoms with E-state index < -0.39 is 0 Å². The number of ketones is 1. The van der Waals surface area contributed by atoms with Crippen LogP contribution >= 0.6 is 0 Å². The standard InChI is InChI=1S/C24H31NO5/c1-28-20-13-18(14-21(29-2)23(20)30-3)22(27)19-15-24(11-12-26,16-25-19)10-9-17-7-5-4-6-8-17/h4-8,13-14,19,25-26H,9-12,15-16H2,1-3H3. The molecular weight excluding hydrogens is 382 g/mol. The molecule has 1 aliphatic heterocycles. The van der Waals surface area contributed by atoms with Crippen LogP contribution in [0.3, 0.4) is 0 Å². The monoisotopic (exact) mass is 413 g/mol. The molecule has 3 rings (SSSR count). The van der Waals surface area contributed by atoms with Crippen LogP contribution in [0, 0.1) is 5.41 Å². The SMILES string of the molecule is COc1cc(C(=O)C2CC(CCO)(CCc3ccccc3)CN2)cc(OC)c1OC. The number of rotatable bonds is 10. The maximum absolute atomic E-state index is 13.3. The van der Waals surface area contributed by atoms with E-state index in [1.54, 1.807) is 12.1 Å². The number of carbonyl (C=O) groups excluding carboxylic acids is 1. The van der Waals surface area contributed by atoms with Gasteiger partial charge in [-0.2, -0.15) is 0 Å². The van der Waals surface area contributed by atoms with Gasteiger partial charge in [-0.05, 0) is 48.8 Å². The average Bonchev–Trinajstić information content (AvgIpc) is 3.21. The molecule has 0 aliphatic carbocycles. The second-order valence-corrected chi connectivity index (χ2v) is 7.88. The molecule has 2 unspecified atom stereocenters. The molecule has 0 radical (unpaired) electrons. The van der Waals surface area contributed by atoms with Crippen LogP contribution in [0.25, 0.3) is 0 Å². The number of aryl methyl sites for hydroxylation is 1. The van der Waals surface area contributed by atoms with Crippen molar-refractivity contribution in [2.24, 2.45) is 5.41 Å². The third-order valence-corrected chi connectivity index (χ3v) is 6.06. The summed E-state index contributed by atoms with van der Waals surface area (Å²) in [6.07, 6.45) is 3.21. The molecule has 0 aromatic heterocycles. The Labute approximate surface area is 178 Å². The van der Waals surface area contributed by atoms with E-state index in [0.717, 1.165) is 12.8 Å². The number of aliphatic hydroxyl groups excluding tert-OH is 1. The lowest BCUT2D eigenvalue weighted by molar-refractivity contribution is 0.0939. The van der Waals surface area contributed by atoms with Crippen molar-refractivity contribution in [2.75, 3.05) is 34.5 Å². The number of Topliss-reactive ketones (excluding diaryl/α,β-unsaturated/α-hetero) is 1. The highest BCUT2D eigenvalue weighted by Crippen LogP contribution is 2.41. The highest BCUT2D eigenvalue weighted by molar-refractivity contribution is 6.01. The van der Waals surface area contributed by atoms with E-state index in [1.165, 1.54) is 26.9 Å². The van der Waals surface area contributed by atoms with E-state index in [1.807, 2.05) is 18.2 Å². The Bertz CT molecular complexity index is 829. The molecule has 2 N–H and O–H groups in total. The van der Waals surface area contributed by atoms with Gasteiger partial charge in [0.05, 0.1) is 27.4 Å². The van der Waals surface area contributed by atoms with Crippen LogP contribution in [-0.4, -0.2) is 51.4 Å². The maximum Gasteiger partial charge on any atom is 0.203 e. The van der Waals surface area contributed by atoms with E-state index >= 15 is 0 Å². The van der Waals surface area contributed by atoms with Crippen LogP contribution in [0.5, 0.6) is 17.2 Å². The van der Waals surface area contributed by atoms with Crippen molar-refractivity contribution in [1.29, 1.82) is 0 Å². The zero-order valence-corrected chi connectivity index (χ0v) is 17.9. The zero-order valence-electron chi connectivity index (χ0n) is 17.9. The summed E-state index contributed by atoms with van der Waals surface area (Å²) >= 11 is 0. The average molecular weight is 414 g/mol. The highest BCUT2D eigenvalue weighted by atomic mass is 16.5. The lowest BCUT2D eigenvalue weighted by atomic mass is 9.76. The van der Waals surface area contributed by atoms with Gasteiger partial charge in [0.15, 0.2) is 17.3 Å². The fourth-order valence-corrected chi connectivity index (χ4v) is 4.32. The molecule has 30 heavy (non-hydrogen) atoms. The third-order valence-electron chi connectivity index (χ3n) is 6.06. The second-order valence-electron chi connectivity index (χ2n) is 7.88. The van der Waals surface area contributed by atoms with Crippen molar-refractivity contribution in [3.63, 3.8) is 0 Å². The summed E-state index contributed by atoms with van der Waals surface area (Å²) in [5.41, 5.74) is 1.69.